The number of rotatable bonds is 6. The van der Waals surface area contributed by atoms with Crippen LogP contribution >= 0.6 is 22.9 Å². The van der Waals surface area contributed by atoms with Gasteiger partial charge in [-0.1, -0.05) is 16.7 Å². The number of pyridine rings is 2. The van der Waals surface area contributed by atoms with Crippen LogP contribution in [-0.2, 0) is 4.74 Å². The van der Waals surface area contributed by atoms with Crippen LogP contribution in [0.25, 0.3) is 11.1 Å². The molecule has 0 aromatic carbocycles. The van der Waals surface area contributed by atoms with Gasteiger partial charge < -0.3 is 14.2 Å². The van der Waals surface area contributed by atoms with E-state index in [0.29, 0.717) is 39.4 Å². The number of hydrogen-bond donors (Lipinski definition) is 1. The summed E-state index contributed by atoms with van der Waals surface area (Å²) < 4.78 is 16.7. The van der Waals surface area contributed by atoms with E-state index in [2.05, 4.69) is 25.5 Å². The fraction of sp³-hybridized carbons (Fsp3) is 0.350. The van der Waals surface area contributed by atoms with Crippen LogP contribution in [0, 0.1) is 6.92 Å². The van der Waals surface area contributed by atoms with Gasteiger partial charge in [-0.2, -0.15) is 0 Å². The van der Waals surface area contributed by atoms with Crippen LogP contribution in [0.5, 0.6) is 10.9 Å². The van der Waals surface area contributed by atoms with E-state index in [1.165, 1.54) is 19.5 Å². The van der Waals surface area contributed by atoms with Gasteiger partial charge in [0.25, 0.3) is 11.1 Å². The van der Waals surface area contributed by atoms with Crippen molar-refractivity contribution in [3.05, 3.63) is 40.9 Å². The quantitative estimate of drug-likeness (QED) is 0.552. The second-order valence-corrected chi connectivity index (χ2v) is 8.35. The first-order valence-corrected chi connectivity index (χ1v) is 10.7. The van der Waals surface area contributed by atoms with Gasteiger partial charge in [-0.05, 0) is 37.3 Å². The molecule has 1 aliphatic rings. The number of halogens is 1. The number of methoxy groups -OCH3 is 1. The maximum Gasteiger partial charge on any atom is 0.296 e. The zero-order valence-corrected chi connectivity index (χ0v) is 18.7. The molecule has 1 N–H and O–H groups in total. The zero-order chi connectivity index (χ0) is 22.0. The molecule has 3 aromatic heterocycles. The minimum absolute atomic E-state index is 0.0664. The van der Waals surface area contributed by atoms with Crippen molar-refractivity contribution in [2.24, 2.45) is 0 Å². The summed E-state index contributed by atoms with van der Waals surface area (Å²) in [5.74, 6) is 0.0988. The third kappa shape index (κ3) is 4.92. The Labute approximate surface area is 187 Å². The first-order valence-electron chi connectivity index (χ1n) is 9.52. The van der Waals surface area contributed by atoms with E-state index in [4.69, 9.17) is 25.8 Å². The van der Waals surface area contributed by atoms with E-state index in [0.717, 1.165) is 23.5 Å². The zero-order valence-electron chi connectivity index (χ0n) is 17.1. The predicted octanol–water partition coefficient (Wildman–Crippen LogP) is 3.77. The van der Waals surface area contributed by atoms with Gasteiger partial charge in [0.1, 0.15) is 17.0 Å². The summed E-state index contributed by atoms with van der Waals surface area (Å²) in [4.78, 5) is 21.3. The topological polar surface area (TPSA) is 108 Å². The van der Waals surface area contributed by atoms with Gasteiger partial charge >= 0.3 is 0 Å². The van der Waals surface area contributed by atoms with Crippen LogP contribution in [0.3, 0.4) is 0 Å². The Morgan fingerprint density at radius 3 is 2.84 bits per heavy atom. The summed E-state index contributed by atoms with van der Waals surface area (Å²) >= 11 is 7.24. The first-order chi connectivity index (χ1) is 14.9. The Morgan fingerprint density at radius 1 is 1.26 bits per heavy atom. The van der Waals surface area contributed by atoms with Gasteiger partial charge in [0, 0.05) is 29.4 Å². The molecule has 2 atom stereocenters. The molecule has 11 heteroatoms. The van der Waals surface area contributed by atoms with Crippen molar-refractivity contribution in [1.29, 1.82) is 0 Å². The van der Waals surface area contributed by atoms with Crippen molar-refractivity contribution in [2.45, 2.75) is 32.5 Å². The number of nitrogens with zero attached hydrogens (tertiary/aromatic N) is 4. The van der Waals surface area contributed by atoms with Crippen molar-refractivity contribution >= 4 is 34.0 Å². The van der Waals surface area contributed by atoms with E-state index in [9.17, 15) is 4.79 Å². The van der Waals surface area contributed by atoms with Crippen LogP contribution in [0.1, 0.15) is 29.4 Å². The Bertz CT molecular complexity index is 1110. The van der Waals surface area contributed by atoms with Crippen molar-refractivity contribution in [1.82, 2.24) is 20.2 Å². The number of aromatic nitrogens is 4. The van der Waals surface area contributed by atoms with Crippen LogP contribution in [0.15, 0.2) is 24.5 Å². The molecule has 4 rings (SSSR count). The van der Waals surface area contributed by atoms with Gasteiger partial charge in [-0.3, -0.25) is 15.1 Å². The van der Waals surface area contributed by atoms with Crippen LogP contribution in [0.4, 0.5) is 5.13 Å². The maximum absolute atomic E-state index is 13.0. The van der Waals surface area contributed by atoms with Crippen molar-refractivity contribution in [2.75, 3.05) is 19.0 Å². The maximum atomic E-state index is 13.0. The molecule has 0 unspecified atom stereocenters. The molecule has 1 amide bonds. The highest BCUT2D eigenvalue weighted by Gasteiger charge is 2.25. The molecule has 0 spiro atoms. The average molecular weight is 462 g/mol. The van der Waals surface area contributed by atoms with E-state index in [1.54, 1.807) is 12.1 Å². The van der Waals surface area contributed by atoms with E-state index in [1.807, 2.05) is 13.8 Å². The van der Waals surface area contributed by atoms with Crippen LogP contribution in [0.2, 0.25) is 5.15 Å². The first kappa shape index (κ1) is 21.4. The minimum Gasteiger partial charge on any atom is -0.494 e. The van der Waals surface area contributed by atoms with Gasteiger partial charge in [-0.15, -0.1) is 5.10 Å². The lowest BCUT2D eigenvalue weighted by atomic mass is 10.0. The normalized spacial score (nSPS) is 18.1. The van der Waals surface area contributed by atoms with Gasteiger partial charge in [0.15, 0.2) is 0 Å². The fourth-order valence-corrected chi connectivity index (χ4v) is 4.04. The minimum atomic E-state index is -0.391. The third-order valence-corrected chi connectivity index (χ3v) is 5.62. The number of ether oxygens (including phenoxy) is 3. The average Bonchev–Trinajstić information content (AvgIpc) is 3.36. The van der Waals surface area contributed by atoms with E-state index >= 15 is 0 Å². The second kappa shape index (κ2) is 9.13. The summed E-state index contributed by atoms with van der Waals surface area (Å²) in [5.41, 5.74) is 2.32. The number of nitrogens with one attached hydrogen (secondary N) is 1. The summed E-state index contributed by atoms with van der Waals surface area (Å²) in [7, 11) is 1.53. The molecule has 9 nitrogen and oxygen atoms in total. The van der Waals surface area contributed by atoms with Crippen molar-refractivity contribution in [3.63, 3.8) is 0 Å². The van der Waals surface area contributed by atoms with E-state index < -0.39 is 5.91 Å². The standard InChI is InChI=1S/C20H20ClN5O4S/c1-10-4-13(14-6-17(21)23-8-16(14)28-3)15(7-22-10)18(27)24-19-25-26-20(31-19)30-12-5-11(2)29-9-12/h4,6-8,11-12H,5,9H2,1-3H3,(H,24,25,27)/t11-,12+/m1/s1. The molecule has 1 saturated heterocycles. The number of anilines is 1. The van der Waals surface area contributed by atoms with Crippen LogP contribution in [-0.4, -0.2) is 52.0 Å². The monoisotopic (exact) mass is 461 g/mol. The lowest BCUT2D eigenvalue weighted by Crippen LogP contribution is -2.15. The highest BCUT2D eigenvalue weighted by atomic mass is 35.5. The molecule has 162 valence electrons. The molecule has 0 aliphatic carbocycles. The molecule has 1 aliphatic heterocycles. The number of aryl methyl sites for hydroxylation is 1. The Morgan fingerprint density at radius 2 is 2.10 bits per heavy atom. The molecule has 0 radical (unpaired) electrons. The number of amides is 1. The number of carbonyl (C=O) groups is 1. The Hall–Kier alpha value is -2.82. The summed E-state index contributed by atoms with van der Waals surface area (Å²) in [6, 6.07) is 3.44. The van der Waals surface area contributed by atoms with Gasteiger partial charge in [0.2, 0.25) is 5.13 Å². The van der Waals surface area contributed by atoms with Crippen LogP contribution < -0.4 is 14.8 Å². The highest BCUT2D eigenvalue weighted by Crippen LogP contribution is 2.34. The molecule has 3 aromatic rings. The summed E-state index contributed by atoms with van der Waals surface area (Å²) in [6.45, 7) is 4.34. The molecule has 1 fully saturated rings. The third-order valence-electron chi connectivity index (χ3n) is 4.69. The molecular weight excluding hydrogens is 442 g/mol. The molecule has 31 heavy (non-hydrogen) atoms. The SMILES string of the molecule is COc1cnc(Cl)cc1-c1cc(C)ncc1C(=O)Nc1nnc(O[C@@H]2CO[C@H](C)C2)s1. The lowest BCUT2D eigenvalue weighted by molar-refractivity contribution is 0.102. The van der Waals surface area contributed by atoms with E-state index in [-0.39, 0.29) is 17.4 Å². The highest BCUT2D eigenvalue weighted by molar-refractivity contribution is 7.17. The number of carbonyl (C=O) groups excluding carboxylic acids is 1. The summed E-state index contributed by atoms with van der Waals surface area (Å²) in [6.07, 6.45) is 3.89. The second-order valence-electron chi connectivity index (χ2n) is 7.03. The fourth-order valence-electron chi connectivity index (χ4n) is 3.23. The van der Waals surface area contributed by atoms with Crippen molar-refractivity contribution in [3.8, 4) is 22.1 Å². The van der Waals surface area contributed by atoms with Gasteiger partial charge in [-0.25, -0.2) is 4.98 Å². The molecule has 0 bridgehead atoms. The largest absolute Gasteiger partial charge is 0.494 e. The predicted molar refractivity (Wildman–Crippen MR) is 116 cm³/mol. The molecule has 0 saturated carbocycles. The van der Waals surface area contributed by atoms with Crippen molar-refractivity contribution < 1.29 is 19.0 Å². The lowest BCUT2D eigenvalue weighted by Gasteiger charge is -2.13. The smallest absolute Gasteiger partial charge is 0.296 e. The number of hydrogen-bond acceptors (Lipinski definition) is 9. The Kier molecular flexibility index (Phi) is 6.30. The summed E-state index contributed by atoms with van der Waals surface area (Å²) in [5, 5.41) is 11.7. The Balaban J connectivity index is 1.57. The molecular formula is C20H20ClN5O4S. The molecule has 4 heterocycles. The van der Waals surface area contributed by atoms with Gasteiger partial charge in [0.05, 0.1) is 31.6 Å².